The Bertz CT molecular complexity index is 510. The Labute approximate surface area is 115 Å². The Morgan fingerprint density at radius 1 is 1.40 bits per heavy atom. The highest BCUT2D eigenvalue weighted by Crippen LogP contribution is 2.32. The number of hydrogen-bond donors (Lipinski definition) is 1. The van der Waals surface area contributed by atoms with Crippen molar-refractivity contribution in [3.8, 4) is 0 Å². The third kappa shape index (κ3) is 3.43. The van der Waals surface area contributed by atoms with Crippen molar-refractivity contribution in [2.24, 2.45) is 0 Å². The lowest BCUT2D eigenvalue weighted by atomic mass is 10.1. The molecule has 2 rings (SSSR count). The van der Waals surface area contributed by atoms with Gasteiger partial charge in [-0.2, -0.15) is 13.2 Å². The van der Waals surface area contributed by atoms with Gasteiger partial charge in [0.15, 0.2) is 0 Å². The van der Waals surface area contributed by atoms with Gasteiger partial charge in [0.25, 0.3) is 5.91 Å². The van der Waals surface area contributed by atoms with Crippen LogP contribution >= 0.6 is 0 Å². The molecule has 6 heteroatoms. The van der Waals surface area contributed by atoms with E-state index in [1.165, 1.54) is 0 Å². The smallest absolute Gasteiger partial charge is 0.387 e. The van der Waals surface area contributed by atoms with Crippen LogP contribution in [0.25, 0.3) is 0 Å². The lowest BCUT2D eigenvalue weighted by molar-refractivity contribution is -0.141. The first-order chi connectivity index (χ1) is 9.31. The van der Waals surface area contributed by atoms with Gasteiger partial charge in [-0.25, -0.2) is 0 Å². The second-order valence-electron chi connectivity index (χ2n) is 5.08. The molecule has 1 amide bonds. The van der Waals surface area contributed by atoms with Crippen LogP contribution in [0.5, 0.6) is 0 Å². The molecule has 0 aliphatic heterocycles. The van der Waals surface area contributed by atoms with E-state index in [9.17, 15) is 18.0 Å². The van der Waals surface area contributed by atoms with Gasteiger partial charge in [0, 0.05) is 18.8 Å². The van der Waals surface area contributed by atoms with Gasteiger partial charge in [-0.1, -0.05) is 6.07 Å². The van der Waals surface area contributed by atoms with Gasteiger partial charge in [-0.05, 0) is 37.5 Å². The summed E-state index contributed by atoms with van der Waals surface area (Å²) in [7, 11) is 1.65. The predicted octanol–water partition coefficient (Wildman–Crippen LogP) is 3.20. The zero-order valence-corrected chi connectivity index (χ0v) is 11.4. The normalized spacial score (nSPS) is 15.1. The number of aryl methyl sites for hydroxylation is 1. The second kappa shape index (κ2) is 5.34. The fourth-order valence-electron chi connectivity index (χ4n) is 2.15. The lowest BCUT2D eigenvalue weighted by Gasteiger charge is -2.25. The van der Waals surface area contributed by atoms with Crippen molar-refractivity contribution in [3.05, 3.63) is 29.3 Å². The molecule has 110 valence electrons. The first-order valence-corrected chi connectivity index (χ1v) is 6.48. The molecule has 1 fully saturated rings. The van der Waals surface area contributed by atoms with Crippen LogP contribution < -0.4 is 5.32 Å². The van der Waals surface area contributed by atoms with Crippen molar-refractivity contribution in [2.75, 3.05) is 18.9 Å². The van der Waals surface area contributed by atoms with Gasteiger partial charge >= 0.3 is 6.18 Å². The molecular formula is C14H17F3N2O. The fraction of sp³-hybridized carbons (Fsp3) is 0.500. The van der Waals surface area contributed by atoms with E-state index < -0.39 is 18.6 Å². The highest BCUT2D eigenvalue weighted by Gasteiger charge is 2.41. The quantitative estimate of drug-likeness (QED) is 0.922. The van der Waals surface area contributed by atoms with Crippen molar-refractivity contribution < 1.29 is 18.0 Å². The van der Waals surface area contributed by atoms with Crippen molar-refractivity contribution in [3.63, 3.8) is 0 Å². The minimum absolute atomic E-state index is 0.282. The van der Waals surface area contributed by atoms with E-state index in [2.05, 4.69) is 5.32 Å². The van der Waals surface area contributed by atoms with Crippen LogP contribution in [0.1, 0.15) is 28.8 Å². The molecule has 3 nitrogen and oxygen atoms in total. The standard InChI is InChI=1S/C14H17F3N2O/c1-9-3-6-11(12(7-9)18-2)13(20)19(10-4-5-10)8-14(15,16)17/h3,6-7,10,18H,4-5,8H2,1-2H3. The summed E-state index contributed by atoms with van der Waals surface area (Å²) < 4.78 is 37.8. The number of nitrogens with zero attached hydrogens (tertiary/aromatic N) is 1. The molecule has 1 N–H and O–H groups in total. The van der Waals surface area contributed by atoms with Gasteiger partial charge in [-0.15, -0.1) is 0 Å². The minimum atomic E-state index is -4.37. The molecule has 0 spiro atoms. The van der Waals surface area contributed by atoms with E-state index in [1.807, 2.05) is 6.92 Å². The molecule has 0 radical (unpaired) electrons. The third-order valence-electron chi connectivity index (χ3n) is 3.27. The van der Waals surface area contributed by atoms with Crippen LogP contribution in [0.2, 0.25) is 0 Å². The van der Waals surface area contributed by atoms with Gasteiger partial charge in [0.1, 0.15) is 6.54 Å². The first-order valence-electron chi connectivity index (χ1n) is 6.48. The molecule has 0 aromatic heterocycles. The summed E-state index contributed by atoms with van der Waals surface area (Å²) >= 11 is 0. The van der Waals surface area contributed by atoms with Gasteiger partial charge < -0.3 is 10.2 Å². The monoisotopic (exact) mass is 286 g/mol. The summed E-state index contributed by atoms with van der Waals surface area (Å²) in [6.07, 6.45) is -3.09. The number of anilines is 1. The molecule has 1 aromatic carbocycles. The molecule has 0 bridgehead atoms. The van der Waals surface area contributed by atoms with E-state index in [0.29, 0.717) is 18.5 Å². The van der Waals surface area contributed by atoms with Crippen molar-refractivity contribution in [2.45, 2.75) is 32.0 Å². The van der Waals surface area contributed by atoms with E-state index in [4.69, 9.17) is 0 Å². The molecular weight excluding hydrogens is 269 g/mol. The van der Waals surface area contributed by atoms with E-state index in [0.717, 1.165) is 10.5 Å². The summed E-state index contributed by atoms with van der Waals surface area (Å²) in [4.78, 5) is 13.3. The number of hydrogen-bond acceptors (Lipinski definition) is 2. The number of carbonyl (C=O) groups is 1. The number of nitrogens with one attached hydrogen (secondary N) is 1. The van der Waals surface area contributed by atoms with E-state index in [1.54, 1.807) is 25.2 Å². The van der Waals surface area contributed by atoms with Crippen molar-refractivity contribution in [1.29, 1.82) is 0 Å². The Balaban J connectivity index is 2.28. The Morgan fingerprint density at radius 2 is 2.05 bits per heavy atom. The summed E-state index contributed by atoms with van der Waals surface area (Å²) in [5.74, 6) is -0.561. The molecule has 1 aliphatic carbocycles. The topological polar surface area (TPSA) is 32.3 Å². The first kappa shape index (κ1) is 14.7. The minimum Gasteiger partial charge on any atom is -0.387 e. The zero-order valence-electron chi connectivity index (χ0n) is 11.4. The van der Waals surface area contributed by atoms with Crippen LogP contribution in [0.3, 0.4) is 0 Å². The van der Waals surface area contributed by atoms with Crippen LogP contribution in [0.15, 0.2) is 18.2 Å². The summed E-state index contributed by atoms with van der Waals surface area (Å²) in [6.45, 7) is 0.678. The fourth-order valence-corrected chi connectivity index (χ4v) is 2.15. The van der Waals surface area contributed by atoms with Crippen LogP contribution in [-0.4, -0.2) is 36.6 Å². The van der Waals surface area contributed by atoms with Gasteiger partial charge in [0.2, 0.25) is 0 Å². The third-order valence-corrected chi connectivity index (χ3v) is 3.27. The maximum absolute atomic E-state index is 12.6. The van der Waals surface area contributed by atoms with Crippen LogP contribution in [-0.2, 0) is 0 Å². The molecule has 1 aliphatic rings. The molecule has 1 saturated carbocycles. The predicted molar refractivity (Wildman–Crippen MR) is 70.8 cm³/mol. The average molecular weight is 286 g/mol. The highest BCUT2D eigenvalue weighted by molar-refractivity contribution is 6.00. The van der Waals surface area contributed by atoms with Gasteiger partial charge in [0.05, 0.1) is 5.56 Å². The van der Waals surface area contributed by atoms with Gasteiger partial charge in [-0.3, -0.25) is 4.79 Å². The summed E-state index contributed by atoms with van der Waals surface area (Å²) in [6, 6.07) is 4.78. The molecule has 0 atom stereocenters. The number of amides is 1. The Morgan fingerprint density at radius 3 is 2.55 bits per heavy atom. The second-order valence-corrected chi connectivity index (χ2v) is 5.08. The van der Waals surface area contributed by atoms with E-state index >= 15 is 0 Å². The maximum atomic E-state index is 12.6. The van der Waals surface area contributed by atoms with Crippen LogP contribution in [0, 0.1) is 6.92 Å². The number of halogens is 3. The summed E-state index contributed by atoms with van der Waals surface area (Å²) in [5, 5.41) is 2.87. The SMILES string of the molecule is CNc1cc(C)ccc1C(=O)N(CC(F)(F)F)C1CC1. The van der Waals surface area contributed by atoms with Crippen LogP contribution in [0.4, 0.5) is 18.9 Å². The Hall–Kier alpha value is -1.72. The molecule has 20 heavy (non-hydrogen) atoms. The lowest BCUT2D eigenvalue weighted by Crippen LogP contribution is -2.40. The average Bonchev–Trinajstić information content (AvgIpc) is 3.18. The largest absolute Gasteiger partial charge is 0.406 e. The molecule has 0 saturated heterocycles. The number of carbonyl (C=O) groups excluding carboxylic acids is 1. The van der Waals surface area contributed by atoms with Crippen molar-refractivity contribution >= 4 is 11.6 Å². The summed E-state index contributed by atoms with van der Waals surface area (Å²) in [5.41, 5.74) is 1.79. The van der Waals surface area contributed by atoms with Crippen molar-refractivity contribution in [1.82, 2.24) is 4.90 Å². The molecule has 0 heterocycles. The molecule has 0 unspecified atom stereocenters. The number of rotatable bonds is 4. The zero-order chi connectivity index (χ0) is 14.9. The number of alkyl halides is 3. The maximum Gasteiger partial charge on any atom is 0.406 e. The van der Waals surface area contributed by atoms with E-state index in [-0.39, 0.29) is 11.6 Å². The molecule has 1 aromatic rings. The highest BCUT2D eigenvalue weighted by atomic mass is 19.4. The Kier molecular flexibility index (Phi) is 3.92. The number of benzene rings is 1.